The van der Waals surface area contributed by atoms with Gasteiger partial charge in [0.1, 0.15) is 23.2 Å². The average molecular weight is 579 g/mol. The molecule has 0 saturated carbocycles. The van der Waals surface area contributed by atoms with E-state index in [4.69, 9.17) is 0 Å². The minimum Gasteiger partial charge on any atom is -1.00 e. The van der Waals surface area contributed by atoms with Crippen molar-refractivity contribution in [3.8, 4) is 0 Å². The van der Waals surface area contributed by atoms with Crippen molar-refractivity contribution in [3.63, 3.8) is 0 Å². The molecule has 0 spiro atoms. The van der Waals surface area contributed by atoms with Gasteiger partial charge in [-0.2, -0.15) is 0 Å². The molecule has 29 heavy (non-hydrogen) atoms. The summed E-state index contributed by atoms with van der Waals surface area (Å²) in [5.41, 5.74) is 0. The fourth-order valence-electron chi connectivity index (χ4n) is 3.69. The third kappa shape index (κ3) is 6.51. The molecule has 3 rings (SSSR count). The third-order valence-electron chi connectivity index (χ3n) is 5.14. The van der Waals surface area contributed by atoms with E-state index in [0.717, 1.165) is 6.16 Å². The van der Waals surface area contributed by atoms with Crippen LogP contribution < -0.4 is 32.9 Å². The zero-order valence-corrected chi connectivity index (χ0v) is 21.4. The van der Waals surface area contributed by atoms with Crippen molar-refractivity contribution in [2.45, 2.75) is 25.7 Å². The van der Waals surface area contributed by atoms with Crippen molar-refractivity contribution >= 4 is 45.8 Å². The lowest BCUT2D eigenvalue weighted by molar-refractivity contribution is -0.00000538. The summed E-state index contributed by atoms with van der Waals surface area (Å²) in [6.07, 6.45) is 11.1. The molecule has 0 atom stereocenters. The molecule has 0 aliphatic rings. The van der Waals surface area contributed by atoms with Gasteiger partial charge in [-0.05, 0) is 60.1 Å². The Morgan fingerprint density at radius 2 is 1.03 bits per heavy atom. The second kappa shape index (κ2) is 13.4. The highest BCUT2D eigenvalue weighted by atomic mass is 127. The van der Waals surface area contributed by atoms with Gasteiger partial charge in [0.25, 0.3) is 0 Å². The van der Waals surface area contributed by atoms with E-state index >= 15 is 0 Å². The maximum absolute atomic E-state index is 2.47. The number of halogens is 2. The summed E-state index contributed by atoms with van der Waals surface area (Å²) < 4.78 is 1.27. The maximum atomic E-state index is 2.47. The van der Waals surface area contributed by atoms with Crippen LogP contribution in [0.4, 0.5) is 0 Å². The van der Waals surface area contributed by atoms with Crippen LogP contribution in [0.2, 0.25) is 0 Å². The summed E-state index contributed by atoms with van der Waals surface area (Å²) in [4.78, 5) is 0. The van der Waals surface area contributed by atoms with Crippen LogP contribution in [0.5, 0.6) is 0 Å². The normalized spacial score (nSPS) is 11.3. The Kier molecular flexibility index (Phi) is 11.2. The number of unbranched alkanes of at least 4 members (excludes halogenated alkanes) is 3. The quantitative estimate of drug-likeness (QED) is 0.114. The molecular weight excluding hydrogens is 550 g/mol. The van der Waals surface area contributed by atoms with Crippen LogP contribution in [-0.2, 0) is 0 Å². The predicted molar refractivity (Wildman–Crippen MR) is 137 cm³/mol. The van der Waals surface area contributed by atoms with Gasteiger partial charge in [-0.25, -0.2) is 0 Å². The molecule has 152 valence electrons. The highest BCUT2D eigenvalue weighted by Crippen LogP contribution is 2.55. The van der Waals surface area contributed by atoms with Crippen LogP contribution in [-0.4, -0.2) is 10.6 Å². The Balaban J connectivity index is 0.00000300. The van der Waals surface area contributed by atoms with Crippen LogP contribution in [0.15, 0.2) is 103 Å². The largest absolute Gasteiger partial charge is 1.00 e. The summed E-state index contributed by atoms with van der Waals surface area (Å²) in [5, 5.41) is 4.38. The second-order valence-electron chi connectivity index (χ2n) is 7.01. The molecule has 0 fully saturated rings. The van der Waals surface area contributed by atoms with Gasteiger partial charge >= 0.3 is 0 Å². The number of alkyl halides is 1. The summed E-state index contributed by atoms with van der Waals surface area (Å²) in [6.45, 7) is 0. The number of hydrogen-bond donors (Lipinski definition) is 0. The van der Waals surface area contributed by atoms with Gasteiger partial charge in [0.15, 0.2) is 0 Å². The zero-order chi connectivity index (χ0) is 19.5. The van der Waals surface area contributed by atoms with Crippen molar-refractivity contribution in [3.05, 3.63) is 103 Å². The van der Waals surface area contributed by atoms with Gasteiger partial charge in [-0.3, -0.25) is 0 Å². The molecule has 0 radical (unpaired) electrons. The van der Waals surface area contributed by atoms with E-state index in [1.807, 2.05) is 0 Å². The van der Waals surface area contributed by atoms with E-state index in [2.05, 4.69) is 126 Å². The first-order valence-electron chi connectivity index (χ1n) is 10.1. The van der Waals surface area contributed by atoms with Crippen molar-refractivity contribution < 1.29 is 17.0 Å². The van der Waals surface area contributed by atoms with Gasteiger partial charge in [-0.15, -0.1) is 0 Å². The highest BCUT2D eigenvalue weighted by Gasteiger charge is 2.43. The van der Waals surface area contributed by atoms with Crippen molar-refractivity contribution in [1.82, 2.24) is 0 Å². The fraction of sp³-hybridized carbons (Fsp3) is 0.231. The second-order valence-corrected chi connectivity index (χ2v) is 11.6. The molecule has 0 aliphatic carbocycles. The molecule has 0 amide bonds. The summed E-state index contributed by atoms with van der Waals surface area (Å²) >= 11 is 2.47. The van der Waals surface area contributed by atoms with Gasteiger partial charge in [0.2, 0.25) is 0 Å². The number of rotatable bonds is 10. The van der Waals surface area contributed by atoms with Crippen LogP contribution in [0.25, 0.3) is 0 Å². The number of allylic oxidation sites excluding steroid dienone is 2. The molecule has 3 aromatic carbocycles. The molecule has 0 nitrogen and oxygen atoms in total. The van der Waals surface area contributed by atoms with E-state index in [-0.39, 0.29) is 17.0 Å². The Morgan fingerprint density at radius 1 is 0.586 bits per heavy atom. The van der Waals surface area contributed by atoms with E-state index in [0.29, 0.717) is 0 Å². The first-order valence-corrected chi connectivity index (χ1v) is 13.6. The number of hydrogen-bond acceptors (Lipinski definition) is 0. The van der Waals surface area contributed by atoms with Crippen molar-refractivity contribution in [2.75, 3.05) is 10.6 Å². The lowest BCUT2D eigenvalue weighted by Gasteiger charge is -2.26. The predicted octanol–water partition coefficient (Wildman–Crippen LogP) is 3.54. The van der Waals surface area contributed by atoms with Crippen molar-refractivity contribution in [1.29, 1.82) is 0 Å². The molecular formula is C26H29BrIP. The van der Waals surface area contributed by atoms with Crippen molar-refractivity contribution in [2.24, 2.45) is 0 Å². The summed E-state index contributed by atoms with van der Waals surface area (Å²) in [5.74, 6) is 0. The molecule has 3 heteroatoms. The molecule has 0 aliphatic heterocycles. The van der Waals surface area contributed by atoms with Gasteiger partial charge in [0, 0.05) is 0 Å². The molecule has 0 unspecified atom stereocenters. The molecule has 0 aromatic heterocycles. The van der Waals surface area contributed by atoms with Crippen LogP contribution in [0.1, 0.15) is 25.7 Å². The SMILES string of the molecule is ICCCCCC=CC[P+](c1ccccc1)(c1ccccc1)c1ccccc1.[Br-]. The third-order valence-corrected chi connectivity index (χ3v) is 10.2. The Hall–Kier alpha value is -0.960. The average Bonchev–Trinajstić information content (AvgIpc) is 2.78. The minimum atomic E-state index is -1.70. The monoisotopic (exact) mass is 578 g/mol. The Morgan fingerprint density at radius 3 is 1.45 bits per heavy atom. The zero-order valence-electron chi connectivity index (χ0n) is 16.8. The van der Waals surface area contributed by atoms with E-state index in [1.54, 1.807) is 0 Å². The first kappa shape index (κ1) is 24.3. The standard InChI is InChI=1S/C26H29IP.BrH/c27-22-14-3-1-2-4-15-23-28(24-16-8-5-9-17-24,25-18-10-6-11-19-25)26-20-12-7-13-21-26;/h4-13,15-21H,1-3,14,22-23H2;1H/q+1;/p-1. The van der Waals surface area contributed by atoms with Gasteiger partial charge in [-0.1, -0.05) is 95.8 Å². The Labute approximate surface area is 201 Å². The summed E-state index contributed by atoms with van der Waals surface area (Å²) in [6, 6.07) is 33.4. The smallest absolute Gasteiger partial charge is 0.115 e. The molecule has 0 N–H and O–H groups in total. The highest BCUT2D eigenvalue weighted by molar-refractivity contribution is 14.1. The van der Waals surface area contributed by atoms with Crippen LogP contribution in [0.3, 0.4) is 0 Å². The molecule has 0 saturated heterocycles. The molecule has 3 aromatic rings. The van der Waals surface area contributed by atoms with Gasteiger partial charge in [0.05, 0.1) is 6.16 Å². The van der Waals surface area contributed by atoms with E-state index in [1.165, 1.54) is 46.0 Å². The summed E-state index contributed by atoms with van der Waals surface area (Å²) in [7, 11) is -1.70. The lowest BCUT2D eigenvalue weighted by atomic mass is 10.2. The first-order chi connectivity index (χ1) is 13.9. The minimum absolute atomic E-state index is 0. The molecule has 0 heterocycles. The van der Waals surface area contributed by atoms with E-state index in [9.17, 15) is 0 Å². The van der Waals surface area contributed by atoms with Crippen LogP contribution >= 0.6 is 29.9 Å². The maximum Gasteiger partial charge on any atom is 0.115 e. The fourth-order valence-corrected chi connectivity index (χ4v) is 8.27. The molecule has 0 bridgehead atoms. The Bertz CT molecular complexity index is 738. The lowest BCUT2D eigenvalue weighted by Crippen LogP contribution is -3.00. The number of benzene rings is 3. The topological polar surface area (TPSA) is 0 Å². The van der Waals surface area contributed by atoms with Crippen LogP contribution in [0, 0.1) is 0 Å². The van der Waals surface area contributed by atoms with Gasteiger partial charge < -0.3 is 17.0 Å². The van der Waals surface area contributed by atoms with E-state index < -0.39 is 7.26 Å².